The second-order valence-electron chi connectivity index (χ2n) is 4.87. The standard InChI is InChI=1S/C14H10F3N5O3/c15-14(16,17)25-10-4-2-1-3-9(10)7-18-11-5-6-12-19-8-13(22(23)24)21(12)20-11/h1-6,8H,7H2,(H,18,20). The van der Waals surface area contributed by atoms with Crippen molar-refractivity contribution in [1.29, 1.82) is 0 Å². The number of halogens is 3. The second-order valence-corrected chi connectivity index (χ2v) is 4.87. The number of ether oxygens (including phenoxy) is 1. The number of rotatable bonds is 5. The first-order chi connectivity index (χ1) is 11.8. The second kappa shape index (κ2) is 6.26. The summed E-state index contributed by atoms with van der Waals surface area (Å²) in [7, 11) is 0. The molecule has 11 heteroatoms. The number of para-hydroxylation sites is 1. The average molecular weight is 353 g/mol. The Morgan fingerprint density at radius 2 is 2.00 bits per heavy atom. The Labute approximate surface area is 138 Å². The van der Waals surface area contributed by atoms with Crippen molar-refractivity contribution in [2.75, 3.05) is 5.32 Å². The Morgan fingerprint density at radius 1 is 1.24 bits per heavy atom. The predicted octanol–water partition coefficient (Wildman–Crippen LogP) is 3.15. The molecule has 0 unspecified atom stereocenters. The molecule has 0 atom stereocenters. The van der Waals surface area contributed by atoms with Crippen molar-refractivity contribution in [3.05, 3.63) is 58.3 Å². The van der Waals surface area contributed by atoms with Crippen LogP contribution in [0.25, 0.3) is 5.65 Å². The first-order valence-electron chi connectivity index (χ1n) is 6.90. The molecule has 2 heterocycles. The molecular formula is C14H10F3N5O3. The van der Waals surface area contributed by atoms with Crippen molar-refractivity contribution in [2.24, 2.45) is 0 Å². The highest BCUT2D eigenvalue weighted by Crippen LogP contribution is 2.26. The summed E-state index contributed by atoms with van der Waals surface area (Å²) in [5, 5.41) is 17.7. The van der Waals surface area contributed by atoms with Gasteiger partial charge in [-0.15, -0.1) is 13.2 Å². The van der Waals surface area contributed by atoms with Crippen LogP contribution in [-0.4, -0.2) is 25.9 Å². The summed E-state index contributed by atoms with van der Waals surface area (Å²) in [6.45, 7) is -0.0206. The molecule has 2 aromatic heterocycles. The minimum absolute atomic E-state index is 0.0206. The van der Waals surface area contributed by atoms with E-state index in [4.69, 9.17) is 0 Å². The molecule has 0 radical (unpaired) electrons. The van der Waals surface area contributed by atoms with E-state index in [1.165, 1.54) is 30.3 Å². The zero-order valence-corrected chi connectivity index (χ0v) is 12.4. The van der Waals surface area contributed by atoms with Crippen molar-refractivity contribution in [3.8, 4) is 5.75 Å². The van der Waals surface area contributed by atoms with Gasteiger partial charge in [0.25, 0.3) is 0 Å². The Hall–Kier alpha value is -3.37. The molecule has 0 saturated heterocycles. The van der Waals surface area contributed by atoms with E-state index < -0.39 is 11.3 Å². The van der Waals surface area contributed by atoms with Gasteiger partial charge in [-0.3, -0.25) is 0 Å². The van der Waals surface area contributed by atoms with Crippen molar-refractivity contribution >= 4 is 17.3 Å². The van der Waals surface area contributed by atoms with E-state index in [0.29, 0.717) is 0 Å². The van der Waals surface area contributed by atoms with Gasteiger partial charge in [0, 0.05) is 18.2 Å². The topological polar surface area (TPSA) is 94.6 Å². The molecule has 0 fully saturated rings. The molecule has 0 aliphatic rings. The van der Waals surface area contributed by atoms with Gasteiger partial charge in [-0.1, -0.05) is 27.8 Å². The summed E-state index contributed by atoms with van der Waals surface area (Å²) in [4.78, 5) is 14.1. The maximum atomic E-state index is 12.4. The van der Waals surface area contributed by atoms with Crippen molar-refractivity contribution < 1.29 is 22.8 Å². The largest absolute Gasteiger partial charge is 0.573 e. The van der Waals surface area contributed by atoms with Crippen LogP contribution in [-0.2, 0) is 6.54 Å². The monoisotopic (exact) mass is 353 g/mol. The zero-order chi connectivity index (χ0) is 18.0. The highest BCUT2D eigenvalue weighted by atomic mass is 19.4. The maximum absolute atomic E-state index is 12.4. The van der Waals surface area contributed by atoms with E-state index in [1.54, 1.807) is 6.07 Å². The van der Waals surface area contributed by atoms with Crippen LogP contribution in [0.5, 0.6) is 5.75 Å². The van der Waals surface area contributed by atoms with Crippen LogP contribution < -0.4 is 10.1 Å². The minimum atomic E-state index is -4.80. The zero-order valence-electron chi connectivity index (χ0n) is 12.4. The summed E-state index contributed by atoms with van der Waals surface area (Å²) in [5.41, 5.74) is 0.528. The van der Waals surface area contributed by atoms with Crippen molar-refractivity contribution in [1.82, 2.24) is 14.6 Å². The Balaban J connectivity index is 1.81. The van der Waals surface area contributed by atoms with Gasteiger partial charge < -0.3 is 20.2 Å². The maximum Gasteiger partial charge on any atom is 0.573 e. The number of hydrogen-bond acceptors (Lipinski definition) is 6. The molecule has 3 aromatic rings. The van der Waals surface area contributed by atoms with Gasteiger partial charge in [-0.25, -0.2) is 4.98 Å². The summed E-state index contributed by atoms with van der Waals surface area (Å²) in [5.74, 6) is -0.424. The lowest BCUT2D eigenvalue weighted by molar-refractivity contribution is -0.391. The van der Waals surface area contributed by atoms with Crippen LogP contribution in [0.4, 0.5) is 24.8 Å². The number of benzene rings is 1. The summed E-state index contributed by atoms with van der Waals surface area (Å²) < 4.78 is 42.2. The lowest BCUT2D eigenvalue weighted by Gasteiger charge is -2.13. The number of aromatic nitrogens is 3. The number of fused-ring (bicyclic) bond motifs is 1. The molecule has 25 heavy (non-hydrogen) atoms. The molecule has 8 nitrogen and oxygen atoms in total. The minimum Gasteiger partial charge on any atom is -0.405 e. The van der Waals surface area contributed by atoms with Crippen LogP contribution in [0.15, 0.2) is 42.6 Å². The Bertz CT molecular complexity index is 925. The number of alkyl halides is 3. The third kappa shape index (κ3) is 3.76. The first-order valence-corrected chi connectivity index (χ1v) is 6.90. The number of nitrogens with one attached hydrogen (secondary N) is 1. The van der Waals surface area contributed by atoms with Crippen LogP contribution in [0.1, 0.15) is 5.56 Å². The van der Waals surface area contributed by atoms with E-state index in [0.717, 1.165) is 10.7 Å². The Morgan fingerprint density at radius 3 is 2.72 bits per heavy atom. The fraction of sp³-hybridized carbons (Fsp3) is 0.143. The summed E-state index contributed by atoms with van der Waals surface area (Å²) in [6, 6.07) is 8.66. The molecular weight excluding hydrogens is 343 g/mol. The average Bonchev–Trinajstić information content (AvgIpc) is 2.96. The molecule has 1 aromatic carbocycles. The van der Waals surface area contributed by atoms with E-state index in [1.807, 2.05) is 0 Å². The van der Waals surface area contributed by atoms with Crippen LogP contribution in [0.2, 0.25) is 0 Å². The van der Waals surface area contributed by atoms with Gasteiger partial charge in [-0.05, 0) is 17.1 Å². The van der Waals surface area contributed by atoms with Gasteiger partial charge in [-0.2, -0.15) is 0 Å². The number of nitrogens with zero attached hydrogens (tertiary/aromatic N) is 4. The predicted molar refractivity (Wildman–Crippen MR) is 80.1 cm³/mol. The summed E-state index contributed by atoms with van der Waals surface area (Å²) in [6.07, 6.45) is -3.73. The van der Waals surface area contributed by atoms with Gasteiger partial charge in [0.15, 0.2) is 5.82 Å². The number of imidazole rings is 1. The molecule has 0 spiro atoms. The first kappa shape index (κ1) is 16.5. The number of anilines is 1. The van der Waals surface area contributed by atoms with Crippen molar-refractivity contribution in [3.63, 3.8) is 0 Å². The SMILES string of the molecule is O=[N+]([O-])c1cnc2ccc(NCc3ccccc3OC(F)(F)F)nn12. The third-order valence-electron chi connectivity index (χ3n) is 3.19. The van der Waals surface area contributed by atoms with Gasteiger partial charge in [0.2, 0.25) is 5.65 Å². The van der Waals surface area contributed by atoms with Crippen LogP contribution in [0, 0.1) is 10.1 Å². The molecule has 0 aliphatic heterocycles. The van der Waals surface area contributed by atoms with E-state index >= 15 is 0 Å². The number of hydrogen-bond donors (Lipinski definition) is 1. The van der Waals surface area contributed by atoms with Gasteiger partial charge in [0.05, 0.1) is 0 Å². The lowest BCUT2D eigenvalue weighted by Crippen LogP contribution is -2.18. The Kier molecular flexibility index (Phi) is 4.13. The highest BCUT2D eigenvalue weighted by molar-refractivity contribution is 5.48. The fourth-order valence-corrected chi connectivity index (χ4v) is 2.14. The molecule has 130 valence electrons. The molecule has 0 bridgehead atoms. The molecule has 0 aliphatic carbocycles. The smallest absolute Gasteiger partial charge is 0.405 e. The van der Waals surface area contributed by atoms with Gasteiger partial charge >= 0.3 is 12.2 Å². The van der Waals surface area contributed by atoms with Crippen LogP contribution in [0.3, 0.4) is 0 Å². The van der Waals surface area contributed by atoms with Crippen LogP contribution >= 0.6 is 0 Å². The summed E-state index contributed by atoms with van der Waals surface area (Å²) >= 11 is 0. The molecule has 1 N–H and O–H groups in total. The van der Waals surface area contributed by atoms with E-state index in [9.17, 15) is 23.3 Å². The quantitative estimate of drug-likeness (QED) is 0.559. The third-order valence-corrected chi connectivity index (χ3v) is 3.19. The van der Waals surface area contributed by atoms with E-state index in [2.05, 4.69) is 20.1 Å². The molecule has 0 saturated carbocycles. The highest BCUT2D eigenvalue weighted by Gasteiger charge is 2.31. The normalized spacial score (nSPS) is 11.5. The van der Waals surface area contributed by atoms with Gasteiger partial charge in [0.1, 0.15) is 11.9 Å². The number of nitro groups is 1. The van der Waals surface area contributed by atoms with Crippen molar-refractivity contribution in [2.45, 2.75) is 12.9 Å². The molecule has 3 rings (SSSR count). The van der Waals surface area contributed by atoms with E-state index in [-0.39, 0.29) is 35.1 Å². The lowest BCUT2D eigenvalue weighted by atomic mass is 10.2. The fourth-order valence-electron chi connectivity index (χ4n) is 2.14. The molecule has 0 amide bonds.